The molecule has 2 aromatic rings. The van der Waals surface area contributed by atoms with E-state index in [0.29, 0.717) is 9.13 Å². The molecule has 3 rings (SSSR count). The van der Waals surface area contributed by atoms with E-state index in [2.05, 4.69) is 9.97 Å². The van der Waals surface area contributed by atoms with E-state index in [1.807, 2.05) is 6.07 Å². The van der Waals surface area contributed by atoms with Crippen molar-refractivity contribution < 1.29 is 17.8 Å². The number of rotatable bonds is 2. The monoisotopic (exact) mass is 421 g/mol. The number of hydrogen-bond donors (Lipinski definition) is 0. The van der Waals surface area contributed by atoms with Crippen molar-refractivity contribution in [2.75, 3.05) is 18.0 Å². The molecule has 0 N–H and O–H groups in total. The van der Waals surface area contributed by atoms with Gasteiger partial charge in [0.25, 0.3) is 0 Å². The number of hydrogen-bond acceptors (Lipinski definition) is 7. The summed E-state index contributed by atoms with van der Waals surface area (Å²) in [5.74, 6) is -0.229. The summed E-state index contributed by atoms with van der Waals surface area (Å²) in [6, 6.07) is 1.03. The van der Waals surface area contributed by atoms with Crippen LogP contribution in [-0.4, -0.2) is 60.9 Å². The Morgan fingerprint density at radius 3 is 2.53 bits per heavy atom. The molecule has 10 nitrogen and oxygen atoms in total. The molecule has 1 saturated heterocycles. The summed E-state index contributed by atoms with van der Waals surface area (Å²) < 4.78 is 53.8. The van der Waals surface area contributed by atoms with Crippen molar-refractivity contribution >= 4 is 23.1 Å². The van der Waals surface area contributed by atoms with Crippen molar-refractivity contribution in [2.24, 2.45) is 14.0 Å². The topological polar surface area (TPSA) is 109 Å². The highest BCUT2D eigenvalue weighted by atomic mass is 16.6. The Labute approximate surface area is 184 Å². The number of carbonyl (C=O) groups excluding carboxylic acids is 1. The van der Waals surface area contributed by atoms with Crippen molar-refractivity contribution in [3.8, 4) is 6.07 Å². The Kier molecular flexibility index (Phi) is 3.77. The van der Waals surface area contributed by atoms with Crippen LogP contribution in [0.5, 0.6) is 0 Å². The first kappa shape index (κ1) is 14.8. The van der Waals surface area contributed by atoms with Crippen LogP contribution in [0.15, 0.2) is 4.79 Å². The van der Waals surface area contributed by atoms with Crippen LogP contribution >= 0.6 is 0 Å². The van der Waals surface area contributed by atoms with Crippen LogP contribution in [0.1, 0.15) is 48.7 Å². The molecule has 0 unspecified atom stereocenters. The predicted octanol–water partition coefficient (Wildman–Crippen LogP) is 1.57. The van der Waals surface area contributed by atoms with Crippen molar-refractivity contribution in [3.05, 3.63) is 16.3 Å². The summed E-state index contributed by atoms with van der Waals surface area (Å²) in [6.45, 7) is 3.26. The quantitative estimate of drug-likeness (QED) is 0.724. The Morgan fingerprint density at radius 2 is 1.93 bits per heavy atom. The molecule has 0 saturated carbocycles. The molecule has 30 heavy (non-hydrogen) atoms. The van der Waals surface area contributed by atoms with Crippen molar-refractivity contribution in [2.45, 2.75) is 58.7 Å². The van der Waals surface area contributed by atoms with E-state index in [4.69, 9.17) is 13.0 Å². The lowest BCUT2D eigenvalue weighted by Gasteiger charge is -2.44. The van der Waals surface area contributed by atoms with E-state index in [1.165, 1.54) is 0 Å². The molecule has 1 aliphatic rings. The minimum absolute atomic E-state index is 0.0131. The minimum atomic E-state index is -3.05. The summed E-state index contributed by atoms with van der Waals surface area (Å²) in [5, 5.41) is 9.23. The Bertz CT molecular complexity index is 1270. The van der Waals surface area contributed by atoms with Crippen LogP contribution in [0.3, 0.4) is 0 Å². The van der Waals surface area contributed by atoms with E-state index in [-0.39, 0.29) is 36.3 Å². The number of nitrogens with zero attached hydrogens (tertiary/aromatic N) is 7. The molecule has 1 aliphatic heterocycles. The van der Waals surface area contributed by atoms with Gasteiger partial charge in [-0.15, -0.1) is 0 Å². The summed E-state index contributed by atoms with van der Waals surface area (Å²) in [7, 11) is 0. The van der Waals surface area contributed by atoms with Crippen LogP contribution in [0.2, 0.25) is 0 Å². The summed E-state index contributed by atoms with van der Waals surface area (Å²) in [6.07, 6.45) is -0.930. The highest BCUT2D eigenvalue weighted by Crippen LogP contribution is 2.28. The molecule has 3 heterocycles. The number of fused-ring (bicyclic) bond motifs is 1. The van der Waals surface area contributed by atoms with Crippen LogP contribution in [-0.2, 0) is 25.1 Å². The molecule has 0 bridgehead atoms. The first-order chi connectivity index (χ1) is 16.4. The van der Waals surface area contributed by atoms with Gasteiger partial charge in [-0.3, -0.25) is 4.57 Å². The van der Waals surface area contributed by atoms with Crippen molar-refractivity contribution in [3.63, 3.8) is 0 Å². The SMILES string of the molecule is [2H]C([2H])([2H])n1c(CC#N)nc2c(N3C[C@@H](C)N(C(=O)OC(C)(C)C)C[C@@H]3C)nc(=O)n(C([2H])([2H])[2H])c21. The highest BCUT2D eigenvalue weighted by molar-refractivity contribution is 5.85. The second-order valence-corrected chi connectivity index (χ2v) is 8.41. The number of amides is 1. The largest absolute Gasteiger partial charge is 0.444 e. The molecule has 10 heteroatoms. The molecular weight excluding hydrogens is 386 g/mol. The van der Waals surface area contributed by atoms with Gasteiger partial charge in [0, 0.05) is 47.3 Å². The van der Waals surface area contributed by atoms with E-state index < -0.39 is 49.4 Å². The molecule has 162 valence electrons. The number of ether oxygens (including phenoxy) is 1. The molecule has 2 atom stereocenters. The zero-order valence-electron chi connectivity index (χ0n) is 23.6. The van der Waals surface area contributed by atoms with E-state index >= 15 is 0 Å². The van der Waals surface area contributed by atoms with Gasteiger partial charge in [-0.05, 0) is 34.6 Å². The Hall–Kier alpha value is -3.09. The fourth-order valence-electron chi connectivity index (χ4n) is 3.48. The number of anilines is 1. The van der Waals surface area contributed by atoms with Crippen LogP contribution in [0.25, 0.3) is 11.2 Å². The highest BCUT2D eigenvalue weighted by Gasteiger charge is 2.36. The second-order valence-electron chi connectivity index (χ2n) is 8.41. The van der Waals surface area contributed by atoms with Crippen LogP contribution < -0.4 is 10.6 Å². The molecule has 0 aliphatic carbocycles. The van der Waals surface area contributed by atoms with Crippen molar-refractivity contribution in [1.82, 2.24) is 24.0 Å². The normalized spacial score (nSPS) is 23.6. The summed E-state index contributed by atoms with van der Waals surface area (Å²) in [4.78, 5) is 37.2. The molecule has 1 fully saturated rings. The fraction of sp³-hybridized carbons (Fsp3) is 0.650. The van der Waals surface area contributed by atoms with Gasteiger partial charge in [-0.1, -0.05) is 0 Å². The first-order valence-corrected chi connectivity index (χ1v) is 9.55. The Morgan fingerprint density at radius 1 is 1.23 bits per heavy atom. The average molecular weight is 422 g/mol. The lowest BCUT2D eigenvalue weighted by molar-refractivity contribution is 0.0130. The third kappa shape index (κ3) is 3.84. The van der Waals surface area contributed by atoms with Gasteiger partial charge in [0.2, 0.25) is 0 Å². The summed E-state index contributed by atoms with van der Waals surface area (Å²) in [5.41, 5.74) is -2.47. The van der Waals surface area contributed by atoms with Gasteiger partial charge >= 0.3 is 11.8 Å². The second kappa shape index (κ2) is 7.63. The maximum absolute atomic E-state index is 13.0. The lowest BCUT2D eigenvalue weighted by atomic mass is 10.1. The molecular formula is C20H29N7O3. The molecule has 0 radical (unpaired) electrons. The van der Waals surface area contributed by atoms with Gasteiger partial charge in [0.15, 0.2) is 5.82 Å². The van der Waals surface area contributed by atoms with E-state index in [0.717, 1.165) is 0 Å². The maximum atomic E-state index is 13.0. The maximum Gasteiger partial charge on any atom is 0.410 e. The average Bonchev–Trinajstić information content (AvgIpc) is 3.05. The molecule has 0 spiro atoms. The molecule has 1 amide bonds. The Balaban J connectivity index is 2.21. The van der Waals surface area contributed by atoms with Crippen LogP contribution in [0.4, 0.5) is 10.6 Å². The van der Waals surface area contributed by atoms with Crippen molar-refractivity contribution in [1.29, 1.82) is 5.26 Å². The van der Waals surface area contributed by atoms with Crippen LogP contribution in [0, 0.1) is 11.3 Å². The number of carbonyl (C=O) groups is 1. The number of piperazine rings is 1. The lowest BCUT2D eigenvalue weighted by Crippen LogP contribution is -2.59. The predicted molar refractivity (Wildman–Crippen MR) is 112 cm³/mol. The standard InChI is InChI=1S/C20H29N7O3/c1-12-11-27(19(29)30-20(3,4)5)13(2)10-26(12)16-15-17(25(7)18(28)23-16)24(6)14(22-15)8-9-21/h12-13H,8,10-11H2,1-7H3/t12-,13+/m0/s1/i6D3,7D3. The van der Waals surface area contributed by atoms with E-state index in [9.17, 15) is 14.9 Å². The fourth-order valence-corrected chi connectivity index (χ4v) is 3.48. The van der Waals surface area contributed by atoms with E-state index in [1.54, 1.807) is 44.4 Å². The zero-order chi connectivity index (χ0) is 27.4. The third-order valence-electron chi connectivity index (χ3n) is 4.86. The minimum Gasteiger partial charge on any atom is -0.444 e. The van der Waals surface area contributed by atoms with Gasteiger partial charge in [0.05, 0.1) is 12.5 Å². The molecule has 0 aromatic carbocycles. The smallest absolute Gasteiger partial charge is 0.410 e. The molecule has 2 aromatic heterocycles. The first-order valence-electron chi connectivity index (χ1n) is 12.6. The number of aryl methyl sites for hydroxylation is 2. The number of imidazole rings is 1. The zero-order valence-corrected chi connectivity index (χ0v) is 17.6. The number of aromatic nitrogens is 4. The third-order valence-corrected chi connectivity index (χ3v) is 4.86. The van der Waals surface area contributed by atoms with Gasteiger partial charge in [-0.25, -0.2) is 14.6 Å². The van der Waals surface area contributed by atoms with Gasteiger partial charge in [-0.2, -0.15) is 10.2 Å². The van der Waals surface area contributed by atoms with Gasteiger partial charge < -0.3 is 19.1 Å². The number of nitriles is 1. The summed E-state index contributed by atoms with van der Waals surface area (Å²) >= 11 is 0. The van der Waals surface area contributed by atoms with Gasteiger partial charge in [0.1, 0.15) is 22.6 Å².